The molecule has 0 atom stereocenters. The van der Waals surface area contributed by atoms with E-state index in [0.717, 1.165) is 41.2 Å². The Balaban J connectivity index is 2.20. The minimum atomic E-state index is 0.298. The van der Waals surface area contributed by atoms with Crippen molar-refractivity contribution in [3.8, 4) is 11.5 Å². The van der Waals surface area contributed by atoms with E-state index in [2.05, 4.69) is 12.2 Å². The number of rotatable bonds is 3. The molecule has 1 aliphatic rings. The summed E-state index contributed by atoms with van der Waals surface area (Å²) in [5.41, 5.74) is 2.11. The fourth-order valence-electron chi connectivity index (χ4n) is 2.28. The molecular formula is C13H15NO3. The number of hydrogen-bond acceptors (Lipinski definition) is 4. The molecule has 1 aromatic heterocycles. The zero-order valence-electron chi connectivity index (χ0n) is 10.0. The zero-order chi connectivity index (χ0) is 11.8. The third-order valence-corrected chi connectivity index (χ3v) is 3.06. The molecule has 0 fully saturated rings. The Morgan fingerprint density at radius 1 is 1.24 bits per heavy atom. The number of furan rings is 1. The number of ether oxygens (including phenoxy) is 2. The smallest absolute Gasteiger partial charge is 0.231 e. The van der Waals surface area contributed by atoms with Gasteiger partial charge in [0.05, 0.1) is 6.54 Å². The summed E-state index contributed by atoms with van der Waals surface area (Å²) >= 11 is 0. The van der Waals surface area contributed by atoms with Gasteiger partial charge in [0, 0.05) is 17.0 Å². The molecule has 0 aliphatic carbocycles. The number of aryl methyl sites for hydroxylation is 1. The number of benzene rings is 1. The van der Waals surface area contributed by atoms with E-state index in [0.29, 0.717) is 6.79 Å². The van der Waals surface area contributed by atoms with Crippen LogP contribution < -0.4 is 14.8 Å². The minimum Gasteiger partial charge on any atom is -0.459 e. The van der Waals surface area contributed by atoms with Gasteiger partial charge in [-0.15, -0.1) is 0 Å². The summed E-state index contributed by atoms with van der Waals surface area (Å²) in [7, 11) is 1.92. The molecule has 2 heterocycles. The Bertz CT molecular complexity index is 559. The first-order valence-corrected chi connectivity index (χ1v) is 5.82. The lowest BCUT2D eigenvalue weighted by molar-refractivity contribution is 0.174. The van der Waals surface area contributed by atoms with E-state index in [-0.39, 0.29) is 0 Å². The molecule has 4 heteroatoms. The van der Waals surface area contributed by atoms with Gasteiger partial charge in [-0.3, -0.25) is 0 Å². The van der Waals surface area contributed by atoms with Crippen molar-refractivity contribution in [2.45, 2.75) is 19.9 Å². The molecule has 0 spiro atoms. The standard InChI is InChI=1S/C13H15NO3/c1-3-8-9-4-11-12(16-7-15-11)5-10(9)17-13(8)6-14-2/h4-5,14H,3,6-7H2,1-2H3. The molecule has 0 amide bonds. The maximum absolute atomic E-state index is 5.86. The lowest BCUT2D eigenvalue weighted by Gasteiger charge is -1.98. The quantitative estimate of drug-likeness (QED) is 0.884. The lowest BCUT2D eigenvalue weighted by Crippen LogP contribution is -2.05. The normalized spacial score (nSPS) is 13.5. The van der Waals surface area contributed by atoms with Crippen LogP contribution in [0.4, 0.5) is 0 Å². The third kappa shape index (κ3) is 1.56. The molecule has 0 unspecified atom stereocenters. The minimum absolute atomic E-state index is 0.298. The molecule has 4 nitrogen and oxygen atoms in total. The molecule has 0 bridgehead atoms. The molecule has 1 N–H and O–H groups in total. The van der Waals surface area contributed by atoms with E-state index in [1.807, 2.05) is 19.2 Å². The first-order valence-electron chi connectivity index (χ1n) is 5.82. The van der Waals surface area contributed by atoms with Crippen LogP contribution in [0.1, 0.15) is 18.2 Å². The molecule has 3 rings (SSSR count). The molecule has 1 aliphatic heterocycles. The van der Waals surface area contributed by atoms with Crippen LogP contribution in [0, 0.1) is 0 Å². The van der Waals surface area contributed by atoms with Crippen LogP contribution in [-0.4, -0.2) is 13.8 Å². The monoisotopic (exact) mass is 233 g/mol. The summed E-state index contributed by atoms with van der Waals surface area (Å²) in [6.45, 7) is 3.17. The van der Waals surface area contributed by atoms with E-state index in [1.165, 1.54) is 5.56 Å². The summed E-state index contributed by atoms with van der Waals surface area (Å²) in [6.07, 6.45) is 0.948. The van der Waals surface area contributed by atoms with Crippen LogP contribution in [0.25, 0.3) is 11.0 Å². The van der Waals surface area contributed by atoms with E-state index < -0.39 is 0 Å². The number of nitrogens with one attached hydrogen (secondary N) is 1. The van der Waals surface area contributed by atoms with Gasteiger partial charge in [-0.25, -0.2) is 0 Å². The predicted octanol–water partition coefficient (Wildman–Crippen LogP) is 2.44. The Morgan fingerprint density at radius 2 is 2.00 bits per heavy atom. The van der Waals surface area contributed by atoms with Gasteiger partial charge in [-0.2, -0.15) is 0 Å². The van der Waals surface area contributed by atoms with Crippen LogP contribution in [-0.2, 0) is 13.0 Å². The van der Waals surface area contributed by atoms with Crippen molar-refractivity contribution in [2.75, 3.05) is 13.8 Å². The highest BCUT2D eigenvalue weighted by Crippen LogP contribution is 2.39. The van der Waals surface area contributed by atoms with Crippen LogP contribution in [0.3, 0.4) is 0 Å². The highest BCUT2D eigenvalue weighted by molar-refractivity contribution is 5.86. The van der Waals surface area contributed by atoms with Crippen molar-refractivity contribution >= 4 is 11.0 Å². The van der Waals surface area contributed by atoms with Gasteiger partial charge in [0.2, 0.25) is 6.79 Å². The summed E-state index contributed by atoms with van der Waals surface area (Å²) in [5, 5.41) is 4.25. The Morgan fingerprint density at radius 3 is 2.71 bits per heavy atom. The highest BCUT2D eigenvalue weighted by atomic mass is 16.7. The summed E-state index contributed by atoms with van der Waals surface area (Å²) < 4.78 is 16.6. The highest BCUT2D eigenvalue weighted by Gasteiger charge is 2.19. The summed E-state index contributed by atoms with van der Waals surface area (Å²) in [5.74, 6) is 2.57. The fourth-order valence-corrected chi connectivity index (χ4v) is 2.28. The van der Waals surface area contributed by atoms with Gasteiger partial charge in [-0.05, 0) is 19.5 Å². The number of fused-ring (bicyclic) bond motifs is 2. The Hall–Kier alpha value is -1.68. The molecule has 90 valence electrons. The van der Waals surface area contributed by atoms with E-state index >= 15 is 0 Å². The van der Waals surface area contributed by atoms with Gasteiger partial charge in [0.25, 0.3) is 0 Å². The van der Waals surface area contributed by atoms with Crippen molar-refractivity contribution in [1.29, 1.82) is 0 Å². The molecule has 0 saturated heterocycles. The SMILES string of the molecule is CCc1c(CNC)oc2cc3c(cc12)OCO3. The lowest BCUT2D eigenvalue weighted by atomic mass is 10.1. The van der Waals surface area contributed by atoms with Crippen LogP contribution in [0.5, 0.6) is 11.5 Å². The molecule has 1 aromatic carbocycles. The van der Waals surface area contributed by atoms with E-state index in [9.17, 15) is 0 Å². The van der Waals surface area contributed by atoms with Crippen molar-refractivity contribution in [3.63, 3.8) is 0 Å². The zero-order valence-corrected chi connectivity index (χ0v) is 10.0. The molecule has 2 aromatic rings. The van der Waals surface area contributed by atoms with Crippen molar-refractivity contribution in [2.24, 2.45) is 0 Å². The summed E-state index contributed by atoms with van der Waals surface area (Å²) in [4.78, 5) is 0. The van der Waals surface area contributed by atoms with Gasteiger partial charge in [0.15, 0.2) is 11.5 Å². The van der Waals surface area contributed by atoms with Crippen LogP contribution in [0.2, 0.25) is 0 Å². The molecular weight excluding hydrogens is 218 g/mol. The van der Waals surface area contributed by atoms with Gasteiger partial charge in [-0.1, -0.05) is 6.92 Å². The van der Waals surface area contributed by atoms with Gasteiger partial charge >= 0.3 is 0 Å². The van der Waals surface area contributed by atoms with Crippen molar-refractivity contribution in [1.82, 2.24) is 5.32 Å². The Labute approximate surface area is 99.5 Å². The maximum atomic E-state index is 5.86. The second-order valence-corrected chi connectivity index (χ2v) is 4.09. The average molecular weight is 233 g/mol. The topological polar surface area (TPSA) is 43.6 Å². The second-order valence-electron chi connectivity index (χ2n) is 4.09. The molecule has 0 saturated carbocycles. The van der Waals surface area contributed by atoms with Crippen molar-refractivity contribution in [3.05, 3.63) is 23.5 Å². The third-order valence-electron chi connectivity index (χ3n) is 3.06. The molecule has 17 heavy (non-hydrogen) atoms. The van der Waals surface area contributed by atoms with Crippen LogP contribution >= 0.6 is 0 Å². The van der Waals surface area contributed by atoms with Gasteiger partial charge < -0.3 is 19.2 Å². The second kappa shape index (κ2) is 3.96. The van der Waals surface area contributed by atoms with Crippen molar-refractivity contribution < 1.29 is 13.9 Å². The predicted molar refractivity (Wildman–Crippen MR) is 64.5 cm³/mol. The first kappa shape index (κ1) is 10.5. The fraction of sp³-hybridized carbons (Fsp3) is 0.385. The largest absolute Gasteiger partial charge is 0.459 e. The average Bonchev–Trinajstić information content (AvgIpc) is 2.89. The Kier molecular flexibility index (Phi) is 2.44. The maximum Gasteiger partial charge on any atom is 0.231 e. The number of hydrogen-bond donors (Lipinski definition) is 1. The van der Waals surface area contributed by atoms with Crippen LogP contribution in [0.15, 0.2) is 16.5 Å². The van der Waals surface area contributed by atoms with Gasteiger partial charge in [0.1, 0.15) is 11.3 Å². The van der Waals surface area contributed by atoms with E-state index in [4.69, 9.17) is 13.9 Å². The first-order chi connectivity index (χ1) is 8.33. The molecule has 0 radical (unpaired) electrons. The summed E-state index contributed by atoms with van der Waals surface area (Å²) in [6, 6.07) is 3.93. The van der Waals surface area contributed by atoms with E-state index in [1.54, 1.807) is 0 Å².